The standard InChI is InChI=1S/C12H18N4/c1-9-4-6-10(7-5-9)12-11(8-13)15(2)16(3)14-12/h4-7,11H,8,13H2,1-3H3. The van der Waals surface area contributed by atoms with Crippen molar-refractivity contribution >= 4 is 5.71 Å². The monoisotopic (exact) mass is 218 g/mol. The number of aryl methyl sites for hydroxylation is 1. The minimum atomic E-state index is 0.174. The van der Waals surface area contributed by atoms with Gasteiger partial charge in [0.25, 0.3) is 0 Å². The van der Waals surface area contributed by atoms with Crippen LogP contribution in [0.5, 0.6) is 0 Å². The van der Waals surface area contributed by atoms with Gasteiger partial charge >= 0.3 is 0 Å². The molecule has 0 spiro atoms. The molecule has 0 fully saturated rings. The highest BCUT2D eigenvalue weighted by molar-refractivity contribution is 6.05. The molecule has 1 atom stereocenters. The molecule has 1 unspecified atom stereocenters. The van der Waals surface area contributed by atoms with Gasteiger partial charge in [-0.2, -0.15) is 10.1 Å². The molecule has 4 heteroatoms. The molecule has 1 aliphatic heterocycles. The van der Waals surface area contributed by atoms with Crippen molar-refractivity contribution in [2.75, 3.05) is 20.6 Å². The summed E-state index contributed by atoms with van der Waals surface area (Å²) in [6, 6.07) is 8.58. The first-order valence-electron chi connectivity index (χ1n) is 5.45. The number of rotatable bonds is 2. The quantitative estimate of drug-likeness (QED) is 0.799. The van der Waals surface area contributed by atoms with Crippen LogP contribution in [0.25, 0.3) is 0 Å². The Bertz CT molecular complexity index is 396. The van der Waals surface area contributed by atoms with E-state index in [1.165, 1.54) is 5.56 Å². The third-order valence-electron chi connectivity index (χ3n) is 3.05. The number of hydrogen-bond donors (Lipinski definition) is 1. The van der Waals surface area contributed by atoms with Gasteiger partial charge in [0, 0.05) is 20.6 Å². The molecule has 0 aromatic heterocycles. The molecule has 1 aromatic carbocycles. The van der Waals surface area contributed by atoms with Crippen LogP contribution >= 0.6 is 0 Å². The second kappa shape index (κ2) is 4.23. The molecular weight excluding hydrogens is 200 g/mol. The van der Waals surface area contributed by atoms with Gasteiger partial charge in [0.05, 0.1) is 11.8 Å². The molecule has 16 heavy (non-hydrogen) atoms. The molecule has 0 bridgehead atoms. The highest BCUT2D eigenvalue weighted by atomic mass is 15.8. The number of nitrogens with zero attached hydrogens (tertiary/aromatic N) is 3. The summed E-state index contributed by atoms with van der Waals surface area (Å²) >= 11 is 0. The SMILES string of the molecule is Cc1ccc(C2=NN(C)N(C)C2CN)cc1. The maximum Gasteiger partial charge on any atom is 0.0896 e. The summed E-state index contributed by atoms with van der Waals surface area (Å²) in [6.07, 6.45) is 0. The lowest BCUT2D eigenvalue weighted by atomic mass is 10.0. The molecule has 0 saturated heterocycles. The highest BCUT2D eigenvalue weighted by Crippen LogP contribution is 2.17. The first kappa shape index (κ1) is 11.1. The van der Waals surface area contributed by atoms with Crippen LogP contribution < -0.4 is 5.73 Å². The van der Waals surface area contributed by atoms with E-state index in [1.54, 1.807) is 0 Å². The van der Waals surface area contributed by atoms with Gasteiger partial charge in [0.2, 0.25) is 0 Å². The van der Waals surface area contributed by atoms with Crippen LogP contribution in [0.2, 0.25) is 0 Å². The summed E-state index contributed by atoms with van der Waals surface area (Å²) in [5.74, 6) is 0. The lowest BCUT2D eigenvalue weighted by Crippen LogP contribution is -2.43. The largest absolute Gasteiger partial charge is 0.328 e. The van der Waals surface area contributed by atoms with Gasteiger partial charge in [0.15, 0.2) is 0 Å². The summed E-state index contributed by atoms with van der Waals surface area (Å²) in [6.45, 7) is 2.66. The lowest BCUT2D eigenvalue weighted by Gasteiger charge is -2.23. The summed E-state index contributed by atoms with van der Waals surface area (Å²) in [5.41, 5.74) is 9.25. The number of nitrogens with two attached hydrogens (primary N) is 1. The molecule has 0 saturated carbocycles. The average molecular weight is 218 g/mol. The van der Waals surface area contributed by atoms with E-state index in [0.29, 0.717) is 6.54 Å². The molecule has 0 radical (unpaired) electrons. The Balaban J connectivity index is 2.33. The van der Waals surface area contributed by atoms with Gasteiger partial charge in [-0.1, -0.05) is 29.8 Å². The van der Waals surface area contributed by atoms with E-state index in [9.17, 15) is 0 Å². The van der Waals surface area contributed by atoms with Crippen LogP contribution in [0.4, 0.5) is 0 Å². The minimum Gasteiger partial charge on any atom is -0.328 e. The normalized spacial score (nSPS) is 21.4. The second-order valence-corrected chi connectivity index (χ2v) is 4.17. The minimum absolute atomic E-state index is 0.174. The first-order chi connectivity index (χ1) is 7.63. The van der Waals surface area contributed by atoms with Gasteiger partial charge in [0.1, 0.15) is 0 Å². The molecule has 1 aliphatic rings. The van der Waals surface area contributed by atoms with Crippen molar-refractivity contribution in [2.24, 2.45) is 10.8 Å². The van der Waals surface area contributed by atoms with Gasteiger partial charge < -0.3 is 5.73 Å². The van der Waals surface area contributed by atoms with Crippen molar-refractivity contribution in [3.63, 3.8) is 0 Å². The topological polar surface area (TPSA) is 44.9 Å². The zero-order valence-corrected chi connectivity index (χ0v) is 10.0. The van der Waals surface area contributed by atoms with E-state index < -0.39 is 0 Å². The smallest absolute Gasteiger partial charge is 0.0896 e. The van der Waals surface area contributed by atoms with E-state index in [0.717, 1.165) is 11.3 Å². The Morgan fingerprint density at radius 2 is 1.88 bits per heavy atom. The highest BCUT2D eigenvalue weighted by Gasteiger charge is 2.29. The third kappa shape index (κ3) is 1.81. The lowest BCUT2D eigenvalue weighted by molar-refractivity contribution is 0.0377. The Morgan fingerprint density at radius 1 is 1.25 bits per heavy atom. The van der Waals surface area contributed by atoms with Gasteiger partial charge in [-0.15, -0.1) is 0 Å². The molecular formula is C12H18N4. The number of hydrogen-bond acceptors (Lipinski definition) is 4. The van der Waals surface area contributed by atoms with Crippen molar-refractivity contribution in [1.29, 1.82) is 0 Å². The van der Waals surface area contributed by atoms with E-state index in [4.69, 9.17) is 5.73 Å². The fourth-order valence-corrected chi connectivity index (χ4v) is 1.91. The summed E-state index contributed by atoms with van der Waals surface area (Å²) < 4.78 is 0. The number of likely N-dealkylation sites (N-methyl/N-ethyl adjacent to an activating group) is 1. The summed E-state index contributed by atoms with van der Waals surface area (Å²) in [5, 5.41) is 8.41. The van der Waals surface area contributed by atoms with Gasteiger partial charge in [-0.25, -0.2) is 5.12 Å². The van der Waals surface area contributed by atoms with Crippen molar-refractivity contribution < 1.29 is 0 Å². The van der Waals surface area contributed by atoms with E-state index in [2.05, 4.69) is 41.3 Å². The van der Waals surface area contributed by atoms with Crippen LogP contribution in [0.1, 0.15) is 11.1 Å². The third-order valence-corrected chi connectivity index (χ3v) is 3.05. The Morgan fingerprint density at radius 3 is 2.44 bits per heavy atom. The summed E-state index contributed by atoms with van der Waals surface area (Å²) in [7, 11) is 3.94. The van der Waals surface area contributed by atoms with Crippen LogP contribution in [0.15, 0.2) is 29.4 Å². The zero-order valence-electron chi connectivity index (χ0n) is 10.0. The second-order valence-electron chi connectivity index (χ2n) is 4.17. The van der Waals surface area contributed by atoms with Gasteiger partial charge in [-0.05, 0) is 12.5 Å². The maximum atomic E-state index is 5.79. The van der Waals surface area contributed by atoms with Crippen LogP contribution in [-0.2, 0) is 0 Å². The Hall–Kier alpha value is -1.39. The number of hydrazine groups is 1. The molecule has 2 N–H and O–H groups in total. The fraction of sp³-hybridized carbons (Fsp3) is 0.417. The predicted octanol–water partition coefficient (Wildman–Crippen LogP) is 0.819. The van der Waals surface area contributed by atoms with E-state index >= 15 is 0 Å². The summed E-state index contributed by atoms with van der Waals surface area (Å²) in [4.78, 5) is 0. The van der Waals surface area contributed by atoms with Crippen molar-refractivity contribution in [3.8, 4) is 0 Å². The van der Waals surface area contributed by atoms with Crippen LogP contribution in [0.3, 0.4) is 0 Å². The van der Waals surface area contributed by atoms with Crippen LogP contribution in [0, 0.1) is 6.92 Å². The number of benzene rings is 1. The van der Waals surface area contributed by atoms with E-state index in [-0.39, 0.29) is 6.04 Å². The molecule has 0 amide bonds. The maximum absolute atomic E-state index is 5.79. The molecule has 0 aliphatic carbocycles. The van der Waals surface area contributed by atoms with Gasteiger partial charge in [-0.3, -0.25) is 0 Å². The molecule has 1 heterocycles. The van der Waals surface area contributed by atoms with E-state index in [1.807, 2.05) is 19.2 Å². The number of hydrazone groups is 1. The zero-order chi connectivity index (χ0) is 11.7. The Labute approximate surface area is 96.3 Å². The first-order valence-corrected chi connectivity index (χ1v) is 5.45. The molecule has 86 valence electrons. The average Bonchev–Trinajstić information content (AvgIpc) is 2.56. The molecule has 4 nitrogen and oxygen atoms in total. The van der Waals surface area contributed by atoms with Crippen LogP contribution in [-0.4, -0.2) is 42.5 Å². The predicted molar refractivity (Wildman–Crippen MR) is 66.1 cm³/mol. The van der Waals surface area contributed by atoms with Crippen molar-refractivity contribution in [1.82, 2.24) is 10.1 Å². The van der Waals surface area contributed by atoms with Crippen molar-refractivity contribution in [2.45, 2.75) is 13.0 Å². The molecule has 2 rings (SSSR count). The fourth-order valence-electron chi connectivity index (χ4n) is 1.91. The van der Waals surface area contributed by atoms with Crippen molar-refractivity contribution in [3.05, 3.63) is 35.4 Å². The Kier molecular flexibility index (Phi) is 2.94. The molecule has 1 aromatic rings.